The van der Waals surface area contributed by atoms with Crippen molar-refractivity contribution in [2.45, 2.75) is 51.1 Å². The van der Waals surface area contributed by atoms with Gasteiger partial charge in [0.05, 0.1) is 16.0 Å². The summed E-state index contributed by atoms with van der Waals surface area (Å²) in [6.07, 6.45) is 2.05. The Hall–Kier alpha value is -2.99. The Morgan fingerprint density at radius 2 is 1.94 bits per heavy atom. The average molecular weight is 458 g/mol. The summed E-state index contributed by atoms with van der Waals surface area (Å²) < 4.78 is 38.8. The second-order valence-electron chi connectivity index (χ2n) is 8.47. The third-order valence-corrected chi connectivity index (χ3v) is 7.21. The molecular weight excluding hydrogens is 435 g/mol. The largest absolute Gasteiger partial charge is 0.433 e. The van der Waals surface area contributed by atoms with Crippen molar-refractivity contribution in [3.63, 3.8) is 0 Å². The number of hydrogen-bond donors (Lipinski definition) is 1. The van der Waals surface area contributed by atoms with Crippen LogP contribution in [0, 0.1) is 24.2 Å². The fraction of sp³-hybridized carbons (Fsp3) is 0.391. The smallest absolute Gasteiger partial charge is 0.324 e. The minimum atomic E-state index is -4.53. The first-order chi connectivity index (χ1) is 15.2. The number of aryl methyl sites for hydroxylation is 1. The lowest BCUT2D eigenvalue weighted by atomic mass is 9.72. The minimum Gasteiger partial charge on any atom is -0.324 e. The Morgan fingerprint density at radius 3 is 2.62 bits per heavy atom. The molecule has 1 fully saturated rings. The van der Waals surface area contributed by atoms with Crippen molar-refractivity contribution >= 4 is 23.0 Å². The number of nitrogens with zero attached hydrogens (tertiary/aromatic N) is 4. The van der Waals surface area contributed by atoms with Gasteiger partial charge in [-0.05, 0) is 61.9 Å². The summed E-state index contributed by atoms with van der Waals surface area (Å²) in [5.41, 5.74) is 1.46. The van der Waals surface area contributed by atoms with Crippen LogP contribution in [-0.2, 0) is 11.6 Å². The van der Waals surface area contributed by atoms with Crippen LogP contribution in [0.15, 0.2) is 36.7 Å². The van der Waals surface area contributed by atoms with Crippen LogP contribution in [0.25, 0.3) is 10.4 Å². The third-order valence-electron chi connectivity index (χ3n) is 5.86. The van der Waals surface area contributed by atoms with Gasteiger partial charge in [0.15, 0.2) is 0 Å². The van der Waals surface area contributed by atoms with E-state index in [1.54, 1.807) is 11.3 Å². The minimum absolute atomic E-state index is 0.0347. The molecule has 0 atom stereocenters. The fourth-order valence-electron chi connectivity index (χ4n) is 3.99. The molecule has 1 aliphatic rings. The van der Waals surface area contributed by atoms with E-state index in [9.17, 15) is 13.2 Å². The predicted octanol–water partition coefficient (Wildman–Crippen LogP) is 6.64. The lowest BCUT2D eigenvalue weighted by Crippen LogP contribution is -2.28. The number of rotatable bonds is 4. The summed E-state index contributed by atoms with van der Waals surface area (Å²) in [4.78, 5) is 13.2. The molecule has 9 heteroatoms. The van der Waals surface area contributed by atoms with E-state index in [2.05, 4.69) is 33.3 Å². The van der Waals surface area contributed by atoms with E-state index in [1.807, 2.05) is 31.3 Å². The highest BCUT2D eigenvalue weighted by Crippen LogP contribution is 2.44. The molecule has 3 aromatic rings. The summed E-state index contributed by atoms with van der Waals surface area (Å²) >= 11 is 1.63. The van der Waals surface area contributed by atoms with E-state index >= 15 is 0 Å². The maximum absolute atomic E-state index is 12.9. The van der Waals surface area contributed by atoms with Crippen molar-refractivity contribution in [3.8, 4) is 16.5 Å². The Kier molecular flexibility index (Phi) is 5.91. The highest BCUT2D eigenvalue weighted by molar-refractivity contribution is 7.15. The number of anilines is 2. The molecule has 0 saturated heterocycles. The standard InChI is InChI=1S/C23H22F3N5S/c1-14-9-16(11-17(10-14)30-21-28-8-5-19(31-21)23(24,25)26)18-13-29-20(32-18)22(2)6-3-15(12-27)4-7-22/h5,8-11,13,15H,3-4,6-7H2,1-2H3,(H,28,30,31). The van der Waals surface area contributed by atoms with Gasteiger partial charge in [0.25, 0.3) is 0 Å². The Balaban J connectivity index is 1.57. The van der Waals surface area contributed by atoms with E-state index in [-0.39, 0.29) is 17.3 Å². The number of hydrogen-bond acceptors (Lipinski definition) is 6. The van der Waals surface area contributed by atoms with Gasteiger partial charge in [0.1, 0.15) is 5.69 Å². The van der Waals surface area contributed by atoms with Gasteiger partial charge < -0.3 is 5.32 Å². The molecule has 0 spiro atoms. The predicted molar refractivity (Wildman–Crippen MR) is 118 cm³/mol. The van der Waals surface area contributed by atoms with E-state index in [1.165, 1.54) is 0 Å². The van der Waals surface area contributed by atoms with E-state index in [4.69, 9.17) is 5.26 Å². The van der Waals surface area contributed by atoms with Crippen molar-refractivity contribution in [2.24, 2.45) is 5.92 Å². The highest BCUT2D eigenvalue weighted by Gasteiger charge is 2.35. The van der Waals surface area contributed by atoms with E-state index in [0.717, 1.165) is 59.0 Å². The first kappa shape index (κ1) is 22.2. The number of aromatic nitrogens is 3. The molecule has 1 N–H and O–H groups in total. The van der Waals surface area contributed by atoms with Crippen LogP contribution in [0.2, 0.25) is 0 Å². The SMILES string of the molecule is Cc1cc(Nc2nccc(C(F)(F)F)n2)cc(-c2cnc(C3(C)CCC(C#N)CC3)s2)c1. The van der Waals surface area contributed by atoms with Crippen molar-refractivity contribution in [1.82, 2.24) is 15.0 Å². The van der Waals surface area contributed by atoms with Crippen molar-refractivity contribution in [2.75, 3.05) is 5.32 Å². The topological polar surface area (TPSA) is 74.5 Å². The van der Waals surface area contributed by atoms with E-state index < -0.39 is 11.9 Å². The number of nitrogens with one attached hydrogen (secondary N) is 1. The van der Waals surface area contributed by atoms with Crippen molar-refractivity contribution in [1.29, 1.82) is 5.26 Å². The molecule has 0 unspecified atom stereocenters. The van der Waals surface area contributed by atoms with Crippen molar-refractivity contribution in [3.05, 3.63) is 52.9 Å². The molecule has 5 nitrogen and oxygen atoms in total. The normalized spacial score (nSPS) is 21.2. The fourth-order valence-corrected chi connectivity index (χ4v) is 5.09. The van der Waals surface area contributed by atoms with Crippen LogP contribution in [0.5, 0.6) is 0 Å². The average Bonchev–Trinajstić information content (AvgIpc) is 3.25. The number of nitriles is 1. The number of alkyl halides is 3. The molecular formula is C23H22F3N5S. The highest BCUT2D eigenvalue weighted by atomic mass is 32.1. The molecule has 1 aromatic carbocycles. The van der Waals surface area contributed by atoms with Crippen LogP contribution < -0.4 is 5.32 Å². The molecule has 166 valence electrons. The molecule has 0 radical (unpaired) electrons. The number of halogens is 3. The molecule has 1 saturated carbocycles. The zero-order valence-corrected chi connectivity index (χ0v) is 18.5. The summed E-state index contributed by atoms with van der Waals surface area (Å²) in [6.45, 7) is 4.13. The van der Waals surface area contributed by atoms with Crippen LogP contribution >= 0.6 is 11.3 Å². The summed E-state index contributed by atoms with van der Waals surface area (Å²) in [5.74, 6) is 0.0223. The summed E-state index contributed by atoms with van der Waals surface area (Å²) in [7, 11) is 0. The molecule has 0 aliphatic heterocycles. The second kappa shape index (κ2) is 8.51. The van der Waals surface area contributed by atoms with E-state index in [0.29, 0.717) is 5.69 Å². The Morgan fingerprint density at radius 1 is 1.19 bits per heavy atom. The molecule has 1 aliphatic carbocycles. The van der Waals surface area contributed by atoms with Crippen LogP contribution in [0.1, 0.15) is 48.9 Å². The maximum Gasteiger partial charge on any atom is 0.433 e. The van der Waals surface area contributed by atoms with Gasteiger partial charge in [0, 0.05) is 29.4 Å². The molecule has 2 heterocycles. The van der Waals surface area contributed by atoms with Gasteiger partial charge in [-0.15, -0.1) is 11.3 Å². The zero-order chi connectivity index (χ0) is 22.9. The third kappa shape index (κ3) is 4.75. The van der Waals surface area contributed by atoms with Gasteiger partial charge in [-0.3, -0.25) is 0 Å². The van der Waals surface area contributed by atoms with Gasteiger partial charge in [-0.25, -0.2) is 15.0 Å². The Bertz CT molecular complexity index is 1160. The van der Waals surface area contributed by atoms with Gasteiger partial charge in [-0.2, -0.15) is 18.4 Å². The van der Waals surface area contributed by atoms with Crippen LogP contribution in [-0.4, -0.2) is 15.0 Å². The van der Waals surface area contributed by atoms with Gasteiger partial charge in [-0.1, -0.05) is 13.0 Å². The number of thiazole rings is 1. The van der Waals surface area contributed by atoms with Crippen LogP contribution in [0.4, 0.5) is 24.8 Å². The summed E-state index contributed by atoms with van der Waals surface area (Å²) in [5, 5.41) is 13.1. The lowest BCUT2D eigenvalue weighted by molar-refractivity contribution is -0.141. The van der Waals surface area contributed by atoms with Gasteiger partial charge >= 0.3 is 6.18 Å². The quantitative estimate of drug-likeness (QED) is 0.475. The monoisotopic (exact) mass is 457 g/mol. The van der Waals surface area contributed by atoms with Crippen LogP contribution in [0.3, 0.4) is 0 Å². The lowest BCUT2D eigenvalue weighted by Gasteiger charge is -2.33. The van der Waals surface area contributed by atoms with Gasteiger partial charge in [0.2, 0.25) is 5.95 Å². The first-order valence-electron chi connectivity index (χ1n) is 10.3. The summed E-state index contributed by atoms with van der Waals surface area (Å²) in [6, 6.07) is 8.93. The molecule has 0 amide bonds. The molecule has 32 heavy (non-hydrogen) atoms. The maximum atomic E-state index is 12.9. The number of benzene rings is 1. The Labute approximate surface area is 188 Å². The molecule has 0 bridgehead atoms. The second-order valence-corrected chi connectivity index (χ2v) is 9.50. The zero-order valence-electron chi connectivity index (χ0n) is 17.7. The molecule has 4 rings (SSSR count). The van der Waals surface area contributed by atoms with Crippen molar-refractivity contribution < 1.29 is 13.2 Å². The first-order valence-corrected chi connectivity index (χ1v) is 11.1. The molecule has 2 aromatic heterocycles.